The van der Waals surface area contributed by atoms with Crippen molar-refractivity contribution in [1.82, 2.24) is 14.1 Å². The Bertz CT molecular complexity index is 935. The molecular weight excluding hydrogens is 420 g/mol. The number of sulfonamides is 1. The highest BCUT2D eigenvalue weighted by molar-refractivity contribution is 7.89. The van der Waals surface area contributed by atoms with Gasteiger partial charge in [0.05, 0.1) is 10.8 Å². The van der Waals surface area contributed by atoms with Gasteiger partial charge in [-0.15, -0.1) is 0 Å². The Kier molecular flexibility index (Phi) is 7.00. The number of carbonyl (C=O) groups excluding carboxylic acids is 3. The number of amides is 3. The molecule has 2 heterocycles. The quantitative estimate of drug-likeness (QED) is 0.637. The molecule has 0 N–H and O–H groups in total. The first-order chi connectivity index (χ1) is 14.7. The Labute approximate surface area is 183 Å². The Hall–Kier alpha value is -2.46. The molecule has 0 aromatic heterocycles. The summed E-state index contributed by atoms with van der Waals surface area (Å²) >= 11 is 0. The van der Waals surface area contributed by atoms with E-state index >= 15 is 0 Å². The Morgan fingerprint density at radius 1 is 1.00 bits per heavy atom. The molecule has 1 aromatic rings. The van der Waals surface area contributed by atoms with Crippen molar-refractivity contribution in [2.24, 2.45) is 5.92 Å². The van der Waals surface area contributed by atoms with E-state index in [0.717, 1.165) is 0 Å². The molecule has 9 nitrogen and oxygen atoms in total. The SMILES string of the molecule is CCN(CC)S(=O)(=O)c1ccc(N2C[C@H](C(=O)N3CCN(C(C)=O)CC3)CC2=O)cc1. The fraction of sp³-hybridized carbons (Fsp3) is 0.571. The molecule has 3 amide bonds. The zero-order valence-electron chi connectivity index (χ0n) is 18.3. The highest BCUT2D eigenvalue weighted by Gasteiger charge is 2.38. The van der Waals surface area contributed by atoms with E-state index in [0.29, 0.717) is 45.0 Å². The van der Waals surface area contributed by atoms with Gasteiger partial charge in [-0.3, -0.25) is 14.4 Å². The maximum absolute atomic E-state index is 12.9. The normalized spacial score (nSPS) is 19.9. The highest BCUT2D eigenvalue weighted by atomic mass is 32.2. The van der Waals surface area contributed by atoms with Crippen molar-refractivity contribution >= 4 is 33.4 Å². The van der Waals surface area contributed by atoms with Gasteiger partial charge in [-0.1, -0.05) is 13.8 Å². The number of benzene rings is 1. The lowest BCUT2D eigenvalue weighted by Gasteiger charge is -2.35. The van der Waals surface area contributed by atoms with Crippen LogP contribution in [0.15, 0.2) is 29.2 Å². The third-order valence-corrected chi connectivity index (χ3v) is 8.07. The Balaban J connectivity index is 1.66. The van der Waals surface area contributed by atoms with Gasteiger partial charge in [0.25, 0.3) is 0 Å². The predicted molar refractivity (Wildman–Crippen MR) is 116 cm³/mol. The summed E-state index contributed by atoms with van der Waals surface area (Å²) in [5, 5.41) is 0. The third-order valence-electron chi connectivity index (χ3n) is 6.00. The lowest BCUT2D eigenvalue weighted by atomic mass is 10.1. The van der Waals surface area contributed by atoms with Gasteiger partial charge in [-0.05, 0) is 24.3 Å². The molecule has 2 fully saturated rings. The number of carbonyl (C=O) groups is 3. The van der Waals surface area contributed by atoms with Gasteiger partial charge < -0.3 is 14.7 Å². The van der Waals surface area contributed by atoms with E-state index in [1.165, 1.54) is 23.4 Å². The number of hydrogen-bond donors (Lipinski definition) is 0. The summed E-state index contributed by atoms with van der Waals surface area (Å²) in [5.74, 6) is -0.656. The fourth-order valence-corrected chi connectivity index (χ4v) is 5.59. The number of hydrogen-bond acceptors (Lipinski definition) is 5. The second-order valence-corrected chi connectivity index (χ2v) is 9.76. The van der Waals surface area contributed by atoms with E-state index in [1.807, 2.05) is 0 Å². The van der Waals surface area contributed by atoms with Gasteiger partial charge >= 0.3 is 0 Å². The van der Waals surface area contributed by atoms with Crippen molar-refractivity contribution < 1.29 is 22.8 Å². The molecule has 3 rings (SSSR count). The number of anilines is 1. The lowest BCUT2D eigenvalue weighted by Crippen LogP contribution is -2.51. The molecule has 0 unspecified atom stereocenters. The molecule has 1 aromatic carbocycles. The largest absolute Gasteiger partial charge is 0.339 e. The minimum Gasteiger partial charge on any atom is -0.339 e. The second kappa shape index (κ2) is 9.35. The van der Waals surface area contributed by atoms with E-state index in [1.54, 1.807) is 40.7 Å². The van der Waals surface area contributed by atoms with Crippen LogP contribution >= 0.6 is 0 Å². The van der Waals surface area contributed by atoms with Gasteiger partial charge in [-0.25, -0.2) is 8.42 Å². The lowest BCUT2D eigenvalue weighted by molar-refractivity contribution is -0.141. The molecular formula is C21H30N4O5S. The van der Waals surface area contributed by atoms with Crippen LogP contribution in [-0.2, 0) is 24.4 Å². The summed E-state index contributed by atoms with van der Waals surface area (Å²) in [6, 6.07) is 6.25. The highest BCUT2D eigenvalue weighted by Crippen LogP contribution is 2.28. The van der Waals surface area contributed by atoms with Gasteiger partial charge in [-0.2, -0.15) is 4.31 Å². The van der Waals surface area contributed by atoms with Crippen molar-refractivity contribution in [3.05, 3.63) is 24.3 Å². The van der Waals surface area contributed by atoms with Crippen LogP contribution in [0.1, 0.15) is 27.2 Å². The molecule has 0 spiro atoms. The van der Waals surface area contributed by atoms with Crippen LogP contribution in [0, 0.1) is 5.92 Å². The van der Waals surface area contributed by atoms with Crippen LogP contribution in [0.2, 0.25) is 0 Å². The summed E-state index contributed by atoms with van der Waals surface area (Å²) in [5.41, 5.74) is 0.584. The molecule has 0 bridgehead atoms. The molecule has 1 atom stereocenters. The average molecular weight is 451 g/mol. The Morgan fingerprint density at radius 2 is 1.55 bits per heavy atom. The molecule has 2 aliphatic rings. The third kappa shape index (κ3) is 4.74. The van der Waals surface area contributed by atoms with Crippen LogP contribution in [-0.4, -0.2) is 86.1 Å². The molecule has 2 saturated heterocycles. The summed E-state index contributed by atoms with van der Waals surface area (Å²) in [6.07, 6.45) is 0.130. The molecule has 10 heteroatoms. The van der Waals surface area contributed by atoms with E-state index in [9.17, 15) is 22.8 Å². The van der Waals surface area contributed by atoms with Crippen molar-refractivity contribution in [2.45, 2.75) is 32.1 Å². The minimum atomic E-state index is -3.56. The van der Waals surface area contributed by atoms with Gasteiger partial charge in [0, 0.05) is 64.8 Å². The van der Waals surface area contributed by atoms with Gasteiger partial charge in [0.15, 0.2) is 0 Å². The molecule has 170 valence electrons. The first-order valence-electron chi connectivity index (χ1n) is 10.6. The molecule has 0 aliphatic carbocycles. The zero-order chi connectivity index (χ0) is 22.8. The molecule has 0 saturated carbocycles. The zero-order valence-corrected chi connectivity index (χ0v) is 19.1. The topological polar surface area (TPSA) is 98.3 Å². The molecule has 2 aliphatic heterocycles. The van der Waals surface area contributed by atoms with E-state index in [4.69, 9.17) is 0 Å². The monoisotopic (exact) mass is 450 g/mol. The molecule has 0 radical (unpaired) electrons. The average Bonchev–Trinajstić information content (AvgIpc) is 3.15. The van der Waals surface area contributed by atoms with Crippen molar-refractivity contribution in [1.29, 1.82) is 0 Å². The van der Waals surface area contributed by atoms with Crippen LogP contribution in [0.4, 0.5) is 5.69 Å². The maximum atomic E-state index is 12.9. The fourth-order valence-electron chi connectivity index (χ4n) is 4.13. The standard InChI is InChI=1S/C21H30N4O5S/c1-4-24(5-2)31(29,30)19-8-6-18(7-9-19)25-15-17(14-20(25)27)21(28)23-12-10-22(11-13-23)16(3)26/h6-9,17H,4-5,10-15H2,1-3H3/t17-/m1/s1. The minimum absolute atomic E-state index is 0.000716. The van der Waals surface area contributed by atoms with E-state index in [-0.39, 0.29) is 35.6 Å². The van der Waals surface area contributed by atoms with Crippen LogP contribution in [0.3, 0.4) is 0 Å². The molecule has 31 heavy (non-hydrogen) atoms. The summed E-state index contributed by atoms with van der Waals surface area (Å²) in [7, 11) is -3.56. The number of nitrogens with zero attached hydrogens (tertiary/aromatic N) is 4. The first kappa shape index (κ1) is 23.2. The smallest absolute Gasteiger partial charge is 0.243 e. The van der Waals surface area contributed by atoms with Crippen LogP contribution in [0.5, 0.6) is 0 Å². The van der Waals surface area contributed by atoms with Gasteiger partial charge in [0.2, 0.25) is 27.7 Å². The van der Waals surface area contributed by atoms with Crippen LogP contribution < -0.4 is 4.90 Å². The van der Waals surface area contributed by atoms with Gasteiger partial charge in [0.1, 0.15) is 0 Å². The first-order valence-corrected chi connectivity index (χ1v) is 12.1. The predicted octanol–water partition coefficient (Wildman–Crippen LogP) is 0.761. The van der Waals surface area contributed by atoms with E-state index in [2.05, 4.69) is 0 Å². The van der Waals surface area contributed by atoms with Crippen molar-refractivity contribution in [3.8, 4) is 0 Å². The summed E-state index contributed by atoms with van der Waals surface area (Å²) in [4.78, 5) is 42.1. The number of piperazine rings is 1. The van der Waals surface area contributed by atoms with Crippen LogP contribution in [0.25, 0.3) is 0 Å². The maximum Gasteiger partial charge on any atom is 0.243 e. The summed E-state index contributed by atoms with van der Waals surface area (Å²) < 4.78 is 26.7. The van der Waals surface area contributed by atoms with Crippen molar-refractivity contribution in [3.63, 3.8) is 0 Å². The second-order valence-electron chi connectivity index (χ2n) is 7.82. The van der Waals surface area contributed by atoms with Crippen molar-refractivity contribution in [2.75, 3.05) is 50.7 Å². The van der Waals surface area contributed by atoms with E-state index < -0.39 is 15.9 Å². The summed E-state index contributed by atoms with van der Waals surface area (Å²) in [6.45, 7) is 8.09. The Morgan fingerprint density at radius 3 is 2.06 bits per heavy atom. The number of rotatable bonds is 6.